The van der Waals surface area contributed by atoms with Crippen molar-refractivity contribution >= 4 is 16.3 Å². The first-order valence-electron chi connectivity index (χ1n) is 7.99. The van der Waals surface area contributed by atoms with E-state index in [1.54, 1.807) is 0 Å². The molecule has 2 aromatic heterocycles. The van der Waals surface area contributed by atoms with E-state index in [9.17, 15) is 4.79 Å². The van der Waals surface area contributed by atoms with E-state index in [1.165, 1.54) is 27.5 Å². The maximum Gasteiger partial charge on any atom is 0.275 e. The Hall–Kier alpha value is -2.09. The average molecular weight is 341 g/mol. The SMILES string of the molecule is Cc1cc(=O)n2nc(CN3C[C@@H](N)[C@H](c4ccccc4)C3)sc2n1. The van der Waals surface area contributed by atoms with Crippen LogP contribution in [-0.4, -0.2) is 38.6 Å². The third-order valence-corrected chi connectivity index (χ3v) is 5.34. The zero-order valence-electron chi connectivity index (χ0n) is 13.4. The largest absolute Gasteiger partial charge is 0.326 e. The van der Waals surface area contributed by atoms with Crippen LogP contribution in [0.15, 0.2) is 41.2 Å². The summed E-state index contributed by atoms with van der Waals surface area (Å²) < 4.78 is 1.39. The molecule has 2 atom stereocenters. The molecule has 6 nitrogen and oxygen atoms in total. The summed E-state index contributed by atoms with van der Waals surface area (Å²) in [6, 6.07) is 12.0. The lowest BCUT2D eigenvalue weighted by molar-refractivity contribution is 0.322. The zero-order valence-corrected chi connectivity index (χ0v) is 14.2. The van der Waals surface area contributed by atoms with Gasteiger partial charge in [-0.05, 0) is 12.5 Å². The van der Waals surface area contributed by atoms with Crippen LogP contribution in [0.2, 0.25) is 0 Å². The highest BCUT2D eigenvalue weighted by molar-refractivity contribution is 7.16. The Morgan fingerprint density at radius 2 is 2.08 bits per heavy atom. The predicted octanol–water partition coefficient (Wildman–Crippen LogP) is 1.39. The molecule has 7 heteroatoms. The van der Waals surface area contributed by atoms with E-state index in [4.69, 9.17) is 5.73 Å². The molecule has 1 aromatic carbocycles. The van der Waals surface area contributed by atoms with Crippen molar-refractivity contribution in [3.63, 3.8) is 0 Å². The second kappa shape index (κ2) is 6.08. The lowest BCUT2D eigenvalue weighted by atomic mass is 9.95. The standard InChI is InChI=1S/C17H19N5OS/c1-11-7-16(23)22-17(19-11)24-15(20-22)10-21-8-13(14(18)9-21)12-5-3-2-4-6-12/h2-7,13-14H,8-10,18H2,1H3/t13-,14+/m0/s1. The van der Waals surface area contributed by atoms with Gasteiger partial charge in [-0.25, -0.2) is 4.98 Å². The molecule has 4 rings (SSSR count). The summed E-state index contributed by atoms with van der Waals surface area (Å²) in [6.07, 6.45) is 0. The van der Waals surface area contributed by atoms with E-state index in [1.807, 2.05) is 13.0 Å². The van der Waals surface area contributed by atoms with Gasteiger partial charge in [-0.15, -0.1) is 0 Å². The molecule has 0 amide bonds. The van der Waals surface area contributed by atoms with Crippen molar-refractivity contribution in [2.75, 3.05) is 13.1 Å². The molecular formula is C17H19N5OS. The summed E-state index contributed by atoms with van der Waals surface area (Å²) in [5.41, 5.74) is 8.23. The van der Waals surface area contributed by atoms with Gasteiger partial charge in [-0.3, -0.25) is 9.69 Å². The summed E-state index contributed by atoms with van der Waals surface area (Å²) in [6.45, 7) is 4.26. The minimum Gasteiger partial charge on any atom is -0.326 e. The first-order valence-corrected chi connectivity index (χ1v) is 8.81. The Morgan fingerprint density at radius 1 is 1.29 bits per heavy atom. The van der Waals surface area contributed by atoms with Crippen LogP contribution in [0.3, 0.4) is 0 Å². The number of hydrogen-bond donors (Lipinski definition) is 1. The van der Waals surface area contributed by atoms with Crippen LogP contribution >= 0.6 is 11.3 Å². The minimum absolute atomic E-state index is 0.116. The highest BCUT2D eigenvalue weighted by atomic mass is 32.1. The molecule has 24 heavy (non-hydrogen) atoms. The van der Waals surface area contributed by atoms with E-state index in [2.05, 4.69) is 39.2 Å². The van der Waals surface area contributed by atoms with Gasteiger partial charge in [0.1, 0.15) is 5.01 Å². The second-order valence-corrected chi connectivity index (χ2v) is 7.34. The predicted molar refractivity (Wildman–Crippen MR) is 94.3 cm³/mol. The topological polar surface area (TPSA) is 76.5 Å². The second-order valence-electron chi connectivity index (χ2n) is 6.30. The van der Waals surface area contributed by atoms with Crippen molar-refractivity contribution in [2.45, 2.75) is 25.4 Å². The van der Waals surface area contributed by atoms with Crippen molar-refractivity contribution in [3.05, 3.63) is 63.0 Å². The summed E-state index contributed by atoms with van der Waals surface area (Å²) >= 11 is 1.47. The molecule has 3 aromatic rings. The Morgan fingerprint density at radius 3 is 2.88 bits per heavy atom. The number of benzene rings is 1. The molecule has 0 aliphatic carbocycles. The van der Waals surface area contributed by atoms with Crippen molar-refractivity contribution < 1.29 is 0 Å². The smallest absolute Gasteiger partial charge is 0.275 e. The van der Waals surface area contributed by atoms with Crippen LogP contribution < -0.4 is 11.3 Å². The Balaban J connectivity index is 1.54. The van der Waals surface area contributed by atoms with Gasteiger partial charge >= 0.3 is 0 Å². The normalized spacial score (nSPS) is 21.6. The highest BCUT2D eigenvalue weighted by Gasteiger charge is 2.31. The monoisotopic (exact) mass is 341 g/mol. The van der Waals surface area contributed by atoms with E-state index in [0.717, 1.165) is 23.8 Å². The van der Waals surface area contributed by atoms with Gasteiger partial charge in [-0.1, -0.05) is 41.7 Å². The maximum atomic E-state index is 12.0. The van der Waals surface area contributed by atoms with Crippen LogP contribution in [0.5, 0.6) is 0 Å². The zero-order chi connectivity index (χ0) is 16.7. The fourth-order valence-corrected chi connectivity index (χ4v) is 4.30. The molecular weight excluding hydrogens is 322 g/mol. The number of likely N-dealkylation sites (tertiary alicyclic amines) is 1. The van der Waals surface area contributed by atoms with Gasteiger partial charge < -0.3 is 5.73 Å². The molecule has 1 saturated heterocycles. The van der Waals surface area contributed by atoms with E-state index >= 15 is 0 Å². The van der Waals surface area contributed by atoms with Crippen LogP contribution in [0, 0.1) is 6.92 Å². The van der Waals surface area contributed by atoms with E-state index in [0.29, 0.717) is 17.4 Å². The fraction of sp³-hybridized carbons (Fsp3) is 0.353. The number of nitrogens with zero attached hydrogens (tertiary/aromatic N) is 4. The van der Waals surface area contributed by atoms with Crippen LogP contribution in [-0.2, 0) is 6.54 Å². The molecule has 124 valence electrons. The van der Waals surface area contributed by atoms with Crippen LogP contribution in [0.25, 0.3) is 4.96 Å². The molecule has 1 aliphatic heterocycles. The number of rotatable bonds is 3. The van der Waals surface area contributed by atoms with Gasteiger partial charge in [0.2, 0.25) is 4.96 Å². The summed E-state index contributed by atoms with van der Waals surface area (Å²) in [5.74, 6) is 0.337. The highest BCUT2D eigenvalue weighted by Crippen LogP contribution is 2.27. The van der Waals surface area contributed by atoms with Gasteiger partial charge in [0.05, 0.1) is 6.54 Å². The number of aromatic nitrogens is 3. The minimum atomic E-state index is -0.125. The average Bonchev–Trinajstić information content (AvgIpc) is 3.11. The fourth-order valence-electron chi connectivity index (χ4n) is 3.31. The van der Waals surface area contributed by atoms with Crippen molar-refractivity contribution in [3.8, 4) is 0 Å². The lowest BCUT2D eigenvalue weighted by Gasteiger charge is -2.14. The first-order chi connectivity index (χ1) is 11.6. The number of nitrogens with two attached hydrogens (primary N) is 1. The number of aryl methyl sites for hydroxylation is 1. The third-order valence-electron chi connectivity index (χ3n) is 4.44. The third kappa shape index (κ3) is 2.86. The quantitative estimate of drug-likeness (QED) is 0.779. The first kappa shape index (κ1) is 15.4. The molecule has 0 spiro atoms. The molecule has 1 aliphatic rings. The van der Waals surface area contributed by atoms with Gasteiger partial charge in [0, 0.05) is 36.8 Å². The van der Waals surface area contributed by atoms with E-state index in [-0.39, 0.29) is 11.6 Å². The lowest BCUT2D eigenvalue weighted by Crippen LogP contribution is -2.28. The summed E-state index contributed by atoms with van der Waals surface area (Å²) in [4.78, 5) is 19.3. The molecule has 0 unspecified atom stereocenters. The Bertz CT molecular complexity index is 920. The Kier molecular flexibility index (Phi) is 3.91. The van der Waals surface area contributed by atoms with Crippen molar-refractivity contribution in [1.29, 1.82) is 0 Å². The maximum absolute atomic E-state index is 12.0. The summed E-state index contributed by atoms with van der Waals surface area (Å²) in [5, 5.41) is 5.31. The van der Waals surface area contributed by atoms with Crippen molar-refractivity contribution in [1.82, 2.24) is 19.5 Å². The molecule has 2 N–H and O–H groups in total. The van der Waals surface area contributed by atoms with Crippen molar-refractivity contribution in [2.24, 2.45) is 5.73 Å². The Labute approximate surface area is 143 Å². The number of hydrogen-bond acceptors (Lipinski definition) is 6. The molecule has 1 fully saturated rings. The van der Waals surface area contributed by atoms with Gasteiger partial charge in [0.15, 0.2) is 0 Å². The number of fused-ring (bicyclic) bond motifs is 1. The van der Waals surface area contributed by atoms with Gasteiger partial charge in [-0.2, -0.15) is 9.61 Å². The molecule has 0 bridgehead atoms. The van der Waals surface area contributed by atoms with Crippen LogP contribution in [0.1, 0.15) is 22.2 Å². The van der Waals surface area contributed by atoms with Gasteiger partial charge in [0.25, 0.3) is 5.56 Å². The molecule has 0 saturated carbocycles. The van der Waals surface area contributed by atoms with Crippen LogP contribution in [0.4, 0.5) is 0 Å². The van der Waals surface area contributed by atoms with E-state index < -0.39 is 0 Å². The summed E-state index contributed by atoms with van der Waals surface area (Å²) in [7, 11) is 0. The molecule has 3 heterocycles. The molecule has 0 radical (unpaired) electrons.